The first kappa shape index (κ1) is 11.6. The van der Waals surface area contributed by atoms with Crippen LogP contribution in [0.4, 0.5) is 4.39 Å². The Morgan fingerprint density at radius 2 is 1.79 bits per heavy atom. The van der Waals surface area contributed by atoms with Gasteiger partial charge in [0.1, 0.15) is 6.67 Å². The van der Waals surface area contributed by atoms with Crippen molar-refractivity contribution in [3.8, 4) is 0 Å². The average molecular weight is 212 g/mol. The van der Waals surface area contributed by atoms with E-state index in [1.807, 2.05) is 36.0 Å². The SMILES string of the molecule is CCC(C)(C)Sc1ccc(CF)cc1. The Morgan fingerprint density at radius 3 is 2.21 bits per heavy atom. The lowest BCUT2D eigenvalue weighted by atomic mass is 10.1. The van der Waals surface area contributed by atoms with Crippen LogP contribution < -0.4 is 0 Å². The summed E-state index contributed by atoms with van der Waals surface area (Å²) >= 11 is 1.84. The summed E-state index contributed by atoms with van der Waals surface area (Å²) in [4.78, 5) is 1.22. The molecule has 0 amide bonds. The summed E-state index contributed by atoms with van der Waals surface area (Å²) in [6.45, 7) is 6.26. The second-order valence-corrected chi connectivity index (χ2v) is 5.77. The number of hydrogen-bond donors (Lipinski definition) is 0. The van der Waals surface area contributed by atoms with E-state index < -0.39 is 0 Å². The first-order chi connectivity index (χ1) is 6.57. The summed E-state index contributed by atoms with van der Waals surface area (Å²) in [7, 11) is 0. The molecule has 0 aliphatic carbocycles. The van der Waals surface area contributed by atoms with Crippen LogP contribution in [-0.4, -0.2) is 4.75 Å². The minimum Gasteiger partial charge on any atom is -0.246 e. The fourth-order valence-electron chi connectivity index (χ4n) is 1.04. The van der Waals surface area contributed by atoms with E-state index in [9.17, 15) is 4.39 Å². The minimum absolute atomic E-state index is 0.261. The van der Waals surface area contributed by atoms with Crippen LogP contribution in [0.2, 0.25) is 0 Å². The van der Waals surface area contributed by atoms with Crippen molar-refractivity contribution in [3.63, 3.8) is 0 Å². The molecule has 2 heteroatoms. The largest absolute Gasteiger partial charge is 0.246 e. The zero-order valence-electron chi connectivity index (χ0n) is 9.01. The van der Waals surface area contributed by atoms with Crippen molar-refractivity contribution in [1.29, 1.82) is 0 Å². The molecule has 0 N–H and O–H groups in total. The molecule has 0 aromatic heterocycles. The molecule has 1 aromatic carbocycles. The van der Waals surface area contributed by atoms with Gasteiger partial charge in [0.25, 0.3) is 0 Å². The van der Waals surface area contributed by atoms with Gasteiger partial charge in [0.2, 0.25) is 0 Å². The predicted molar refractivity (Wildman–Crippen MR) is 61.5 cm³/mol. The van der Waals surface area contributed by atoms with Crippen LogP contribution in [0.5, 0.6) is 0 Å². The molecule has 0 saturated carbocycles. The Hall–Kier alpha value is -0.500. The van der Waals surface area contributed by atoms with Crippen molar-refractivity contribution >= 4 is 11.8 Å². The average Bonchev–Trinajstić information content (AvgIpc) is 2.19. The third-order valence-electron chi connectivity index (χ3n) is 2.32. The van der Waals surface area contributed by atoms with Crippen molar-refractivity contribution in [3.05, 3.63) is 29.8 Å². The van der Waals surface area contributed by atoms with Gasteiger partial charge in [-0.25, -0.2) is 4.39 Å². The molecule has 0 aliphatic heterocycles. The van der Waals surface area contributed by atoms with E-state index in [2.05, 4.69) is 20.8 Å². The molecule has 1 rings (SSSR count). The second kappa shape index (κ2) is 4.83. The lowest BCUT2D eigenvalue weighted by molar-refractivity contribution is 0.485. The maximum atomic E-state index is 12.3. The normalized spacial score (nSPS) is 11.7. The van der Waals surface area contributed by atoms with Gasteiger partial charge in [-0.05, 0) is 24.1 Å². The van der Waals surface area contributed by atoms with E-state index in [1.54, 1.807) is 0 Å². The highest BCUT2D eigenvalue weighted by atomic mass is 32.2. The Morgan fingerprint density at radius 1 is 1.21 bits per heavy atom. The van der Waals surface area contributed by atoms with Gasteiger partial charge in [-0.2, -0.15) is 0 Å². The Kier molecular flexibility index (Phi) is 3.99. The second-order valence-electron chi connectivity index (χ2n) is 3.99. The van der Waals surface area contributed by atoms with Crippen molar-refractivity contribution in [1.82, 2.24) is 0 Å². The fourth-order valence-corrected chi connectivity index (χ4v) is 2.09. The molecular weight excluding hydrogens is 195 g/mol. The first-order valence-corrected chi connectivity index (χ1v) is 5.73. The predicted octanol–water partition coefficient (Wildman–Crippen LogP) is 4.44. The van der Waals surface area contributed by atoms with Crippen molar-refractivity contribution in [2.24, 2.45) is 0 Å². The van der Waals surface area contributed by atoms with Crippen LogP contribution in [0.1, 0.15) is 32.8 Å². The van der Waals surface area contributed by atoms with Gasteiger partial charge in [-0.15, -0.1) is 11.8 Å². The van der Waals surface area contributed by atoms with Crippen LogP contribution in [0, 0.1) is 0 Å². The van der Waals surface area contributed by atoms with E-state index in [-0.39, 0.29) is 11.4 Å². The Balaban J connectivity index is 2.69. The third kappa shape index (κ3) is 3.33. The van der Waals surface area contributed by atoms with Crippen LogP contribution in [0.25, 0.3) is 0 Å². The first-order valence-electron chi connectivity index (χ1n) is 4.91. The number of hydrogen-bond acceptors (Lipinski definition) is 1. The Bertz CT molecular complexity index is 277. The van der Waals surface area contributed by atoms with Crippen molar-refractivity contribution in [2.75, 3.05) is 0 Å². The highest BCUT2D eigenvalue weighted by molar-refractivity contribution is 8.00. The van der Waals surface area contributed by atoms with Crippen LogP contribution in [0.15, 0.2) is 29.2 Å². The van der Waals surface area contributed by atoms with Gasteiger partial charge < -0.3 is 0 Å². The smallest absolute Gasteiger partial charge is 0.115 e. The van der Waals surface area contributed by atoms with Gasteiger partial charge in [0.15, 0.2) is 0 Å². The quantitative estimate of drug-likeness (QED) is 0.665. The number of alkyl halides is 1. The molecule has 1 aromatic rings. The summed E-state index contributed by atoms with van der Waals surface area (Å²) in [5, 5.41) is 0. The zero-order valence-corrected chi connectivity index (χ0v) is 9.83. The summed E-state index contributed by atoms with van der Waals surface area (Å²) in [5.41, 5.74) is 0.753. The van der Waals surface area contributed by atoms with E-state index in [0.717, 1.165) is 12.0 Å². The van der Waals surface area contributed by atoms with Crippen LogP contribution in [0.3, 0.4) is 0 Å². The van der Waals surface area contributed by atoms with Gasteiger partial charge in [-0.3, -0.25) is 0 Å². The monoisotopic (exact) mass is 212 g/mol. The Labute approximate surface area is 89.9 Å². The van der Waals surface area contributed by atoms with Gasteiger partial charge in [-0.1, -0.05) is 32.9 Å². The van der Waals surface area contributed by atoms with Gasteiger partial charge in [0, 0.05) is 9.64 Å². The molecule has 0 nitrogen and oxygen atoms in total. The summed E-state index contributed by atoms with van der Waals surface area (Å²) in [6.07, 6.45) is 1.13. The van der Waals surface area contributed by atoms with E-state index in [0.29, 0.717) is 0 Å². The molecule has 0 bridgehead atoms. The van der Waals surface area contributed by atoms with Gasteiger partial charge >= 0.3 is 0 Å². The fraction of sp³-hybridized carbons (Fsp3) is 0.500. The molecule has 0 unspecified atom stereocenters. The van der Waals surface area contributed by atoms with E-state index in [1.165, 1.54) is 4.90 Å². The number of thioether (sulfide) groups is 1. The minimum atomic E-state index is -0.373. The van der Waals surface area contributed by atoms with E-state index in [4.69, 9.17) is 0 Å². The molecular formula is C12H17FS. The molecule has 0 radical (unpaired) electrons. The molecule has 0 spiro atoms. The lowest BCUT2D eigenvalue weighted by Crippen LogP contribution is -2.11. The number of rotatable bonds is 4. The highest BCUT2D eigenvalue weighted by Gasteiger charge is 2.16. The zero-order chi connectivity index (χ0) is 10.6. The molecule has 0 atom stereocenters. The van der Waals surface area contributed by atoms with Crippen LogP contribution >= 0.6 is 11.8 Å². The standard InChI is InChI=1S/C12H17FS/c1-4-12(2,3)14-11-7-5-10(9-13)6-8-11/h5-8H,4,9H2,1-3H3. The maximum absolute atomic E-state index is 12.3. The van der Waals surface area contributed by atoms with Crippen molar-refractivity contribution < 1.29 is 4.39 Å². The summed E-state index contributed by atoms with van der Waals surface area (Å²) in [6, 6.07) is 7.70. The topological polar surface area (TPSA) is 0 Å². The molecule has 0 fully saturated rings. The molecule has 0 aliphatic rings. The highest BCUT2D eigenvalue weighted by Crippen LogP contribution is 2.34. The van der Waals surface area contributed by atoms with E-state index >= 15 is 0 Å². The number of benzene rings is 1. The lowest BCUT2D eigenvalue weighted by Gasteiger charge is -2.21. The third-order valence-corrected chi connectivity index (χ3v) is 3.67. The molecule has 0 saturated heterocycles. The van der Waals surface area contributed by atoms with Crippen LogP contribution in [-0.2, 0) is 6.67 Å². The van der Waals surface area contributed by atoms with Gasteiger partial charge in [0.05, 0.1) is 0 Å². The number of halogens is 1. The summed E-state index contributed by atoms with van der Waals surface area (Å²) < 4.78 is 12.5. The molecule has 0 heterocycles. The molecule has 14 heavy (non-hydrogen) atoms. The summed E-state index contributed by atoms with van der Waals surface area (Å²) in [5.74, 6) is 0. The molecule has 78 valence electrons. The van der Waals surface area contributed by atoms with Crippen molar-refractivity contribution in [2.45, 2.75) is 43.5 Å². The maximum Gasteiger partial charge on any atom is 0.115 e.